The predicted molar refractivity (Wildman–Crippen MR) is 74.9 cm³/mol. The van der Waals surface area contributed by atoms with Gasteiger partial charge in [0.15, 0.2) is 0 Å². The summed E-state index contributed by atoms with van der Waals surface area (Å²) in [4.78, 5) is 5.00. The number of rotatable bonds is 5. The fourth-order valence-corrected chi connectivity index (χ4v) is 3.24. The molecule has 0 aliphatic carbocycles. The predicted octanol–water partition coefficient (Wildman–Crippen LogP) is 0.637. The van der Waals surface area contributed by atoms with Gasteiger partial charge < -0.3 is 19.9 Å². The summed E-state index contributed by atoms with van der Waals surface area (Å²) in [5, 5.41) is 3.49. The number of likely N-dealkylation sites (N-methyl/N-ethyl adjacent to an activating group) is 1. The number of nitrogens with one attached hydrogen (secondary N) is 1. The molecule has 0 bridgehead atoms. The molecular weight excluding hydrogens is 226 g/mol. The van der Waals surface area contributed by atoms with Gasteiger partial charge in [-0.25, -0.2) is 0 Å². The molecule has 2 unspecified atom stereocenters. The average Bonchev–Trinajstić information content (AvgIpc) is 2.90. The van der Waals surface area contributed by atoms with E-state index in [0.29, 0.717) is 12.0 Å². The second-order valence-electron chi connectivity index (χ2n) is 6.01. The molecular formula is C14H29N3O. The number of piperidine rings is 1. The number of nitrogens with zero attached hydrogens (tertiary/aromatic N) is 2. The molecule has 0 radical (unpaired) electrons. The van der Waals surface area contributed by atoms with Crippen molar-refractivity contribution in [2.45, 2.75) is 31.3 Å². The zero-order chi connectivity index (χ0) is 13.0. The second kappa shape index (κ2) is 6.85. The van der Waals surface area contributed by atoms with Crippen molar-refractivity contribution in [3.05, 3.63) is 0 Å². The molecule has 0 amide bonds. The van der Waals surface area contributed by atoms with Crippen LogP contribution in [0.3, 0.4) is 0 Å². The lowest BCUT2D eigenvalue weighted by molar-refractivity contribution is 0.121. The topological polar surface area (TPSA) is 27.7 Å². The summed E-state index contributed by atoms with van der Waals surface area (Å²) in [5.41, 5.74) is 0. The highest BCUT2D eigenvalue weighted by molar-refractivity contribution is 4.84. The highest BCUT2D eigenvalue weighted by Gasteiger charge is 2.28. The van der Waals surface area contributed by atoms with Crippen molar-refractivity contribution in [3.8, 4) is 0 Å². The van der Waals surface area contributed by atoms with Crippen molar-refractivity contribution in [1.82, 2.24) is 15.1 Å². The number of ether oxygens (including phenoxy) is 1. The highest BCUT2D eigenvalue weighted by atomic mass is 16.5. The zero-order valence-electron chi connectivity index (χ0n) is 12.2. The minimum atomic E-state index is 0.600. The van der Waals surface area contributed by atoms with Gasteiger partial charge in [0.25, 0.3) is 0 Å². The molecule has 0 saturated carbocycles. The Hall–Kier alpha value is -0.160. The first-order chi connectivity index (χ1) is 8.70. The Morgan fingerprint density at radius 1 is 1.28 bits per heavy atom. The van der Waals surface area contributed by atoms with E-state index in [1.54, 1.807) is 0 Å². The summed E-state index contributed by atoms with van der Waals surface area (Å²) >= 11 is 0. The molecule has 2 heterocycles. The molecule has 0 aromatic carbocycles. The van der Waals surface area contributed by atoms with Crippen molar-refractivity contribution in [2.75, 3.05) is 54.0 Å². The molecule has 2 aliphatic rings. The smallest absolute Gasteiger partial charge is 0.0510 e. The molecule has 18 heavy (non-hydrogen) atoms. The molecule has 2 fully saturated rings. The van der Waals surface area contributed by atoms with Gasteiger partial charge in [0, 0.05) is 31.2 Å². The van der Waals surface area contributed by atoms with Crippen molar-refractivity contribution < 1.29 is 4.74 Å². The van der Waals surface area contributed by atoms with Gasteiger partial charge in [-0.2, -0.15) is 0 Å². The fraction of sp³-hybridized carbons (Fsp3) is 1.00. The van der Waals surface area contributed by atoms with Gasteiger partial charge in [-0.15, -0.1) is 0 Å². The Morgan fingerprint density at radius 2 is 2.00 bits per heavy atom. The summed E-state index contributed by atoms with van der Waals surface area (Å²) in [6, 6.07) is 1.38. The molecule has 2 atom stereocenters. The van der Waals surface area contributed by atoms with Crippen LogP contribution in [0.4, 0.5) is 0 Å². The number of likely N-dealkylation sites (tertiary alicyclic amines) is 1. The maximum absolute atomic E-state index is 5.51. The summed E-state index contributed by atoms with van der Waals surface area (Å²) in [5.74, 6) is 0.710. The normalized spacial score (nSPS) is 29.0. The van der Waals surface area contributed by atoms with Crippen LogP contribution in [0, 0.1) is 5.92 Å². The van der Waals surface area contributed by atoms with Gasteiger partial charge in [0.1, 0.15) is 0 Å². The van der Waals surface area contributed by atoms with Crippen LogP contribution < -0.4 is 5.32 Å². The van der Waals surface area contributed by atoms with Gasteiger partial charge >= 0.3 is 0 Å². The molecule has 0 spiro atoms. The van der Waals surface area contributed by atoms with E-state index in [1.807, 2.05) is 0 Å². The third-order valence-corrected chi connectivity index (χ3v) is 4.65. The standard InChI is InChI=1S/C14H29N3O/c1-15-14(12-6-9-18-11-12)10-17-7-4-13(5-8-17)16(2)3/h12-15H,4-11H2,1-3H3. The molecule has 2 aliphatic heterocycles. The summed E-state index contributed by atoms with van der Waals surface area (Å²) < 4.78 is 5.51. The van der Waals surface area contributed by atoms with E-state index in [0.717, 1.165) is 19.3 Å². The van der Waals surface area contributed by atoms with Crippen LogP contribution in [0.1, 0.15) is 19.3 Å². The Kier molecular flexibility index (Phi) is 5.42. The Bertz CT molecular complexity index is 233. The summed E-state index contributed by atoms with van der Waals surface area (Å²) in [7, 11) is 6.49. The Balaban J connectivity index is 1.75. The van der Waals surface area contributed by atoms with Gasteiger partial charge in [-0.1, -0.05) is 0 Å². The van der Waals surface area contributed by atoms with E-state index in [2.05, 4.69) is 36.3 Å². The van der Waals surface area contributed by atoms with E-state index in [4.69, 9.17) is 4.74 Å². The van der Waals surface area contributed by atoms with Crippen LogP contribution in [0.25, 0.3) is 0 Å². The van der Waals surface area contributed by atoms with Crippen molar-refractivity contribution in [1.29, 1.82) is 0 Å². The maximum atomic E-state index is 5.51. The Morgan fingerprint density at radius 3 is 2.50 bits per heavy atom. The van der Waals surface area contributed by atoms with Crippen molar-refractivity contribution in [2.24, 2.45) is 5.92 Å². The third-order valence-electron chi connectivity index (χ3n) is 4.65. The van der Waals surface area contributed by atoms with Gasteiger partial charge in [0.2, 0.25) is 0 Å². The summed E-state index contributed by atoms with van der Waals surface area (Å²) in [6.07, 6.45) is 3.84. The van der Waals surface area contributed by atoms with Crippen LogP contribution in [-0.4, -0.2) is 75.9 Å². The van der Waals surface area contributed by atoms with E-state index >= 15 is 0 Å². The molecule has 0 aromatic heterocycles. The van der Waals surface area contributed by atoms with Crippen molar-refractivity contribution in [3.63, 3.8) is 0 Å². The van der Waals surface area contributed by atoms with Crippen LogP contribution in [0.2, 0.25) is 0 Å². The largest absolute Gasteiger partial charge is 0.381 e. The minimum Gasteiger partial charge on any atom is -0.381 e. The SMILES string of the molecule is CNC(CN1CCC(N(C)C)CC1)C1CCOC1. The molecule has 2 rings (SSSR count). The van der Waals surface area contributed by atoms with Crippen LogP contribution >= 0.6 is 0 Å². The molecule has 1 N–H and O–H groups in total. The van der Waals surface area contributed by atoms with E-state index in [9.17, 15) is 0 Å². The maximum Gasteiger partial charge on any atom is 0.0510 e. The molecule has 0 aromatic rings. The zero-order valence-corrected chi connectivity index (χ0v) is 12.2. The monoisotopic (exact) mass is 255 g/mol. The molecule has 106 valence electrons. The van der Waals surface area contributed by atoms with Crippen LogP contribution in [-0.2, 0) is 4.74 Å². The highest BCUT2D eigenvalue weighted by Crippen LogP contribution is 2.20. The molecule has 2 saturated heterocycles. The van der Waals surface area contributed by atoms with Crippen molar-refractivity contribution >= 4 is 0 Å². The first-order valence-corrected chi connectivity index (χ1v) is 7.34. The lowest BCUT2D eigenvalue weighted by atomic mass is 9.97. The van der Waals surface area contributed by atoms with E-state index in [1.165, 1.54) is 38.9 Å². The fourth-order valence-electron chi connectivity index (χ4n) is 3.24. The van der Waals surface area contributed by atoms with Crippen LogP contribution in [0.15, 0.2) is 0 Å². The third kappa shape index (κ3) is 3.67. The van der Waals surface area contributed by atoms with E-state index in [-0.39, 0.29) is 0 Å². The minimum absolute atomic E-state index is 0.600. The van der Waals surface area contributed by atoms with Gasteiger partial charge in [-0.3, -0.25) is 0 Å². The van der Waals surface area contributed by atoms with Crippen LogP contribution in [0.5, 0.6) is 0 Å². The van der Waals surface area contributed by atoms with Gasteiger partial charge in [-0.05, 0) is 53.5 Å². The lowest BCUT2D eigenvalue weighted by Gasteiger charge is -2.37. The molecule has 4 nitrogen and oxygen atoms in total. The molecule has 4 heteroatoms. The summed E-state index contributed by atoms with van der Waals surface area (Å²) in [6.45, 7) is 5.57. The quantitative estimate of drug-likeness (QED) is 0.780. The second-order valence-corrected chi connectivity index (χ2v) is 6.01. The first kappa shape index (κ1) is 14.3. The average molecular weight is 255 g/mol. The van der Waals surface area contributed by atoms with E-state index < -0.39 is 0 Å². The number of hydrogen-bond acceptors (Lipinski definition) is 4. The number of hydrogen-bond donors (Lipinski definition) is 1. The van der Waals surface area contributed by atoms with Gasteiger partial charge in [0.05, 0.1) is 6.61 Å². The first-order valence-electron chi connectivity index (χ1n) is 7.34. The lowest BCUT2D eigenvalue weighted by Crippen LogP contribution is -2.49. The Labute approximate surface area is 112 Å².